The summed E-state index contributed by atoms with van der Waals surface area (Å²) in [6.07, 6.45) is 3.04. The Morgan fingerprint density at radius 2 is 1.95 bits per heavy atom. The Kier molecular flexibility index (Phi) is 4.36. The number of hydrogen-bond donors (Lipinski definition) is 2. The van der Waals surface area contributed by atoms with E-state index >= 15 is 0 Å². The van der Waals surface area contributed by atoms with Gasteiger partial charge in [0.15, 0.2) is 0 Å². The Balaban J connectivity index is 1.84. The fourth-order valence-electron chi connectivity index (χ4n) is 2.37. The number of fused-ring (bicyclic) bond motifs is 1. The highest BCUT2D eigenvalue weighted by Crippen LogP contribution is 2.25. The number of nitrogens with one attached hydrogen (secondary N) is 2. The van der Waals surface area contributed by atoms with Crippen molar-refractivity contribution in [2.45, 2.75) is 19.9 Å². The first-order valence-corrected chi connectivity index (χ1v) is 8.00. The quantitative estimate of drug-likeness (QED) is 0.670. The van der Waals surface area contributed by atoms with Crippen molar-refractivity contribution in [1.82, 2.24) is 15.3 Å². The summed E-state index contributed by atoms with van der Waals surface area (Å²) in [7, 11) is 0. The molecule has 4 heteroatoms. The minimum absolute atomic E-state index is 0.786. The van der Waals surface area contributed by atoms with Gasteiger partial charge in [-0.1, -0.05) is 41.1 Å². The summed E-state index contributed by atoms with van der Waals surface area (Å²) in [4.78, 5) is 7.81. The van der Waals surface area contributed by atoms with E-state index in [-0.39, 0.29) is 0 Å². The van der Waals surface area contributed by atoms with Crippen LogP contribution in [0.4, 0.5) is 0 Å². The van der Waals surface area contributed by atoms with Crippen LogP contribution in [0.25, 0.3) is 22.0 Å². The molecule has 0 saturated carbocycles. The first-order valence-electron chi connectivity index (χ1n) is 7.20. The molecule has 0 amide bonds. The molecule has 0 fully saturated rings. The lowest BCUT2D eigenvalue weighted by Crippen LogP contribution is -2.14. The van der Waals surface area contributed by atoms with E-state index in [9.17, 15) is 0 Å². The lowest BCUT2D eigenvalue weighted by atomic mass is 10.1. The van der Waals surface area contributed by atoms with Crippen LogP contribution < -0.4 is 5.32 Å². The van der Waals surface area contributed by atoms with Gasteiger partial charge in [-0.05, 0) is 41.9 Å². The molecule has 1 heterocycles. The maximum atomic E-state index is 4.43. The van der Waals surface area contributed by atoms with Gasteiger partial charge in [0.2, 0.25) is 0 Å². The Morgan fingerprint density at radius 1 is 1.14 bits per heavy atom. The van der Waals surface area contributed by atoms with Gasteiger partial charge in [-0.2, -0.15) is 0 Å². The second-order valence-electron chi connectivity index (χ2n) is 5.13. The molecule has 3 nitrogen and oxygen atoms in total. The fourth-order valence-corrected chi connectivity index (χ4v) is 2.75. The van der Waals surface area contributed by atoms with Crippen molar-refractivity contribution in [3.8, 4) is 11.3 Å². The molecule has 1 aromatic heterocycles. The number of aromatic amines is 1. The second kappa shape index (κ2) is 6.41. The molecule has 2 aromatic carbocycles. The zero-order valence-electron chi connectivity index (χ0n) is 12.0. The number of nitrogens with zero attached hydrogens (tertiary/aromatic N) is 1. The summed E-state index contributed by atoms with van der Waals surface area (Å²) in [5, 5.41) is 5.82. The van der Waals surface area contributed by atoms with Crippen molar-refractivity contribution < 1.29 is 0 Å². The standard InChI is InChI=1S/C17H18BrN3/c1-2-7-19-11-17-20-10-16(21-17)14-4-3-13-9-15(18)6-5-12(13)8-14/h3-6,8-10,19H,2,7,11H2,1H3,(H,20,21). The number of rotatable bonds is 5. The van der Waals surface area contributed by atoms with Crippen molar-refractivity contribution in [1.29, 1.82) is 0 Å². The summed E-state index contributed by atoms with van der Waals surface area (Å²) in [6, 6.07) is 12.8. The zero-order valence-corrected chi connectivity index (χ0v) is 13.6. The van der Waals surface area contributed by atoms with E-state index < -0.39 is 0 Å². The van der Waals surface area contributed by atoms with Crippen LogP contribution in [0.15, 0.2) is 47.1 Å². The SMILES string of the molecule is CCCNCc1ncc(-c2ccc3cc(Br)ccc3c2)[nH]1. The number of H-pyrrole nitrogens is 1. The monoisotopic (exact) mass is 343 g/mol. The molecule has 0 bridgehead atoms. The molecular weight excluding hydrogens is 326 g/mol. The lowest BCUT2D eigenvalue weighted by molar-refractivity contribution is 0.655. The van der Waals surface area contributed by atoms with Crippen molar-refractivity contribution in [3.63, 3.8) is 0 Å². The van der Waals surface area contributed by atoms with E-state index in [0.717, 1.165) is 35.5 Å². The summed E-state index contributed by atoms with van der Waals surface area (Å²) in [6.45, 7) is 3.96. The van der Waals surface area contributed by atoms with Gasteiger partial charge in [-0.15, -0.1) is 0 Å². The molecule has 3 rings (SSSR count). The minimum atomic E-state index is 0.786. The molecular formula is C17H18BrN3. The van der Waals surface area contributed by atoms with E-state index in [2.05, 4.69) is 74.5 Å². The van der Waals surface area contributed by atoms with Crippen LogP contribution in [-0.2, 0) is 6.54 Å². The highest BCUT2D eigenvalue weighted by Gasteiger charge is 2.04. The normalized spacial score (nSPS) is 11.1. The van der Waals surface area contributed by atoms with E-state index in [4.69, 9.17) is 0 Å². The number of imidazole rings is 1. The largest absolute Gasteiger partial charge is 0.341 e. The maximum absolute atomic E-state index is 4.43. The first kappa shape index (κ1) is 14.3. The molecule has 0 spiro atoms. The Labute approximate surface area is 132 Å². The van der Waals surface area contributed by atoms with Crippen LogP contribution in [0.2, 0.25) is 0 Å². The molecule has 3 aromatic rings. The number of hydrogen-bond acceptors (Lipinski definition) is 2. The summed E-state index contributed by atoms with van der Waals surface area (Å²) >= 11 is 3.51. The summed E-state index contributed by atoms with van der Waals surface area (Å²) < 4.78 is 1.11. The van der Waals surface area contributed by atoms with Crippen LogP contribution in [0.5, 0.6) is 0 Å². The van der Waals surface area contributed by atoms with Gasteiger partial charge >= 0.3 is 0 Å². The van der Waals surface area contributed by atoms with Gasteiger partial charge in [0.25, 0.3) is 0 Å². The third-order valence-corrected chi connectivity index (χ3v) is 3.95. The van der Waals surface area contributed by atoms with Crippen LogP contribution in [0.1, 0.15) is 19.2 Å². The van der Waals surface area contributed by atoms with Gasteiger partial charge in [0.05, 0.1) is 18.4 Å². The van der Waals surface area contributed by atoms with Crippen molar-refractivity contribution in [2.75, 3.05) is 6.54 Å². The first-order chi connectivity index (χ1) is 10.3. The van der Waals surface area contributed by atoms with E-state index in [1.54, 1.807) is 0 Å². The van der Waals surface area contributed by atoms with E-state index in [1.165, 1.54) is 16.3 Å². The molecule has 2 N–H and O–H groups in total. The second-order valence-corrected chi connectivity index (χ2v) is 6.04. The lowest BCUT2D eigenvalue weighted by Gasteiger charge is -2.03. The average molecular weight is 344 g/mol. The highest BCUT2D eigenvalue weighted by atomic mass is 79.9. The zero-order chi connectivity index (χ0) is 14.7. The van der Waals surface area contributed by atoms with E-state index in [1.807, 2.05) is 6.20 Å². The molecule has 0 unspecified atom stereocenters. The van der Waals surface area contributed by atoms with Crippen molar-refractivity contribution >= 4 is 26.7 Å². The minimum Gasteiger partial charge on any atom is -0.341 e. The molecule has 0 saturated heterocycles. The van der Waals surface area contributed by atoms with Crippen molar-refractivity contribution in [2.24, 2.45) is 0 Å². The molecule has 0 radical (unpaired) electrons. The molecule has 0 aliphatic rings. The Morgan fingerprint density at radius 3 is 2.81 bits per heavy atom. The number of aromatic nitrogens is 2. The maximum Gasteiger partial charge on any atom is 0.120 e. The Hall–Kier alpha value is -1.65. The number of benzene rings is 2. The van der Waals surface area contributed by atoms with Crippen LogP contribution in [-0.4, -0.2) is 16.5 Å². The van der Waals surface area contributed by atoms with Crippen molar-refractivity contribution in [3.05, 3.63) is 52.9 Å². The van der Waals surface area contributed by atoms with Crippen LogP contribution in [0, 0.1) is 0 Å². The van der Waals surface area contributed by atoms with Crippen LogP contribution >= 0.6 is 15.9 Å². The fraction of sp³-hybridized carbons (Fsp3) is 0.235. The molecule has 21 heavy (non-hydrogen) atoms. The predicted molar refractivity (Wildman–Crippen MR) is 91.2 cm³/mol. The Bertz CT molecular complexity index is 749. The highest BCUT2D eigenvalue weighted by molar-refractivity contribution is 9.10. The van der Waals surface area contributed by atoms with E-state index in [0.29, 0.717) is 0 Å². The van der Waals surface area contributed by atoms with Gasteiger partial charge in [0, 0.05) is 10.0 Å². The average Bonchev–Trinajstić information content (AvgIpc) is 2.96. The third-order valence-electron chi connectivity index (χ3n) is 3.46. The van der Waals surface area contributed by atoms with Gasteiger partial charge in [0.1, 0.15) is 5.82 Å². The molecule has 0 aliphatic carbocycles. The number of halogens is 1. The topological polar surface area (TPSA) is 40.7 Å². The third kappa shape index (κ3) is 3.34. The summed E-state index contributed by atoms with van der Waals surface area (Å²) in [5.41, 5.74) is 2.23. The molecule has 0 atom stereocenters. The van der Waals surface area contributed by atoms with Crippen LogP contribution in [0.3, 0.4) is 0 Å². The van der Waals surface area contributed by atoms with Gasteiger partial charge < -0.3 is 10.3 Å². The summed E-state index contributed by atoms with van der Waals surface area (Å²) in [5.74, 6) is 0.981. The molecule has 0 aliphatic heterocycles. The smallest absolute Gasteiger partial charge is 0.120 e. The molecule has 108 valence electrons. The predicted octanol–water partition coefficient (Wildman–Crippen LogP) is 4.49. The van der Waals surface area contributed by atoms with Gasteiger partial charge in [-0.25, -0.2) is 4.98 Å². The van der Waals surface area contributed by atoms with Gasteiger partial charge in [-0.3, -0.25) is 0 Å².